The Balaban J connectivity index is 1.81. The van der Waals surface area contributed by atoms with Crippen molar-refractivity contribution in [3.05, 3.63) is 46.1 Å². The standard InChI is InChI=1S/C19H24N4O2S/c1-20-9-5-11-22-18(25)16-14-7-2-3-8-15(14)26-19(16)23-17(24)13-6-4-10-21-12-13/h4,6,10,12,20H,2-3,5,7-9,11H2,1H3,(H,22,25)(H,23,24). The van der Waals surface area contributed by atoms with Crippen LogP contribution in [0.1, 0.15) is 50.4 Å². The number of aryl methyl sites for hydroxylation is 1. The van der Waals surface area contributed by atoms with E-state index in [1.165, 1.54) is 22.4 Å². The molecule has 2 aromatic rings. The van der Waals surface area contributed by atoms with E-state index in [0.29, 0.717) is 22.7 Å². The number of rotatable bonds is 7. The normalized spacial score (nSPS) is 13.1. The van der Waals surface area contributed by atoms with Crippen LogP contribution in [0.4, 0.5) is 5.00 Å². The maximum absolute atomic E-state index is 12.8. The highest BCUT2D eigenvalue weighted by atomic mass is 32.1. The van der Waals surface area contributed by atoms with E-state index in [9.17, 15) is 9.59 Å². The number of carbonyl (C=O) groups excluding carboxylic acids is 2. The molecule has 0 saturated heterocycles. The van der Waals surface area contributed by atoms with Gasteiger partial charge in [-0.3, -0.25) is 14.6 Å². The van der Waals surface area contributed by atoms with Crippen molar-refractivity contribution in [3.8, 4) is 0 Å². The molecule has 26 heavy (non-hydrogen) atoms. The first-order chi connectivity index (χ1) is 12.7. The van der Waals surface area contributed by atoms with Crippen molar-refractivity contribution in [1.82, 2.24) is 15.6 Å². The second-order valence-corrected chi connectivity index (χ2v) is 7.43. The summed E-state index contributed by atoms with van der Waals surface area (Å²) in [4.78, 5) is 30.5. The predicted molar refractivity (Wildman–Crippen MR) is 104 cm³/mol. The molecule has 0 saturated carbocycles. The molecule has 1 aliphatic rings. The SMILES string of the molecule is CNCCCNC(=O)c1c(NC(=O)c2cccnc2)sc2c1CCCC2. The minimum atomic E-state index is -0.235. The van der Waals surface area contributed by atoms with Crippen LogP contribution in [-0.2, 0) is 12.8 Å². The fourth-order valence-electron chi connectivity index (χ4n) is 3.12. The lowest BCUT2D eigenvalue weighted by Crippen LogP contribution is -2.28. The van der Waals surface area contributed by atoms with E-state index in [-0.39, 0.29) is 11.8 Å². The molecule has 7 heteroatoms. The Morgan fingerprint density at radius 1 is 1.19 bits per heavy atom. The Labute approximate surface area is 157 Å². The summed E-state index contributed by atoms with van der Waals surface area (Å²) < 4.78 is 0. The van der Waals surface area contributed by atoms with Crippen molar-refractivity contribution < 1.29 is 9.59 Å². The summed E-state index contributed by atoms with van der Waals surface area (Å²) in [5.41, 5.74) is 2.24. The number of thiophene rings is 1. The van der Waals surface area contributed by atoms with E-state index in [0.717, 1.165) is 44.2 Å². The molecule has 2 heterocycles. The Kier molecular flexibility index (Phi) is 6.35. The van der Waals surface area contributed by atoms with Crippen molar-refractivity contribution in [2.75, 3.05) is 25.5 Å². The number of fused-ring (bicyclic) bond motifs is 1. The molecule has 6 nitrogen and oxygen atoms in total. The highest BCUT2D eigenvalue weighted by Crippen LogP contribution is 2.38. The first kappa shape index (κ1) is 18.5. The van der Waals surface area contributed by atoms with Gasteiger partial charge in [-0.25, -0.2) is 0 Å². The average molecular weight is 372 g/mol. The van der Waals surface area contributed by atoms with Gasteiger partial charge in [0.25, 0.3) is 11.8 Å². The van der Waals surface area contributed by atoms with Crippen LogP contribution in [-0.4, -0.2) is 36.9 Å². The Hall–Kier alpha value is -2.25. The summed E-state index contributed by atoms with van der Waals surface area (Å²) in [6.07, 6.45) is 8.11. The first-order valence-electron chi connectivity index (χ1n) is 8.99. The van der Waals surface area contributed by atoms with Gasteiger partial charge in [-0.2, -0.15) is 0 Å². The lowest BCUT2D eigenvalue weighted by atomic mass is 9.95. The number of nitrogens with zero attached hydrogens (tertiary/aromatic N) is 1. The fraction of sp³-hybridized carbons (Fsp3) is 0.421. The third-order valence-corrected chi connectivity index (χ3v) is 5.65. The summed E-state index contributed by atoms with van der Waals surface area (Å²) >= 11 is 1.53. The topological polar surface area (TPSA) is 83.1 Å². The van der Waals surface area contributed by atoms with Gasteiger partial charge in [0.05, 0.1) is 11.1 Å². The third kappa shape index (κ3) is 4.28. The van der Waals surface area contributed by atoms with Crippen LogP contribution < -0.4 is 16.0 Å². The number of amides is 2. The second-order valence-electron chi connectivity index (χ2n) is 6.32. The van der Waals surface area contributed by atoms with Crippen LogP contribution in [0.25, 0.3) is 0 Å². The predicted octanol–water partition coefficient (Wildman–Crippen LogP) is 2.61. The van der Waals surface area contributed by atoms with Crippen molar-refractivity contribution in [3.63, 3.8) is 0 Å². The zero-order valence-electron chi connectivity index (χ0n) is 14.9. The summed E-state index contributed by atoms with van der Waals surface area (Å²) in [5.74, 6) is -0.331. The van der Waals surface area contributed by atoms with E-state index in [4.69, 9.17) is 0 Å². The zero-order valence-corrected chi connectivity index (χ0v) is 15.7. The molecule has 0 radical (unpaired) electrons. The maximum atomic E-state index is 12.8. The minimum absolute atomic E-state index is 0.0954. The van der Waals surface area contributed by atoms with E-state index in [1.807, 2.05) is 7.05 Å². The van der Waals surface area contributed by atoms with Gasteiger partial charge in [-0.05, 0) is 63.4 Å². The summed E-state index contributed by atoms with van der Waals surface area (Å²) in [6, 6.07) is 3.44. The second kappa shape index (κ2) is 8.91. The number of anilines is 1. The summed E-state index contributed by atoms with van der Waals surface area (Å²) in [7, 11) is 1.89. The molecular weight excluding hydrogens is 348 g/mol. The largest absolute Gasteiger partial charge is 0.352 e. The van der Waals surface area contributed by atoms with Crippen molar-refractivity contribution in [2.24, 2.45) is 0 Å². The van der Waals surface area contributed by atoms with Gasteiger partial charge in [-0.1, -0.05) is 0 Å². The molecule has 138 valence electrons. The quantitative estimate of drug-likeness (QED) is 0.653. The number of aromatic nitrogens is 1. The molecule has 0 atom stereocenters. The van der Waals surface area contributed by atoms with Crippen LogP contribution in [0.15, 0.2) is 24.5 Å². The molecule has 3 rings (SSSR count). The van der Waals surface area contributed by atoms with Gasteiger partial charge in [0.1, 0.15) is 5.00 Å². The van der Waals surface area contributed by atoms with Crippen LogP contribution in [0.2, 0.25) is 0 Å². The molecule has 3 N–H and O–H groups in total. The van der Waals surface area contributed by atoms with Gasteiger partial charge in [0, 0.05) is 23.8 Å². The molecule has 0 bridgehead atoms. The Bertz CT molecular complexity index is 773. The smallest absolute Gasteiger partial charge is 0.257 e. The van der Waals surface area contributed by atoms with Crippen molar-refractivity contribution in [2.45, 2.75) is 32.1 Å². The molecule has 0 unspecified atom stereocenters. The van der Waals surface area contributed by atoms with Crippen molar-refractivity contribution in [1.29, 1.82) is 0 Å². The number of hydrogen-bond acceptors (Lipinski definition) is 5. The van der Waals surface area contributed by atoms with Gasteiger partial charge >= 0.3 is 0 Å². The summed E-state index contributed by atoms with van der Waals surface area (Å²) in [5, 5.41) is 9.64. The molecule has 1 aliphatic carbocycles. The van der Waals surface area contributed by atoms with E-state index in [1.54, 1.807) is 18.3 Å². The minimum Gasteiger partial charge on any atom is -0.352 e. The molecule has 0 fully saturated rings. The fourth-order valence-corrected chi connectivity index (χ4v) is 4.40. The van der Waals surface area contributed by atoms with Gasteiger partial charge < -0.3 is 16.0 Å². The van der Waals surface area contributed by atoms with Gasteiger partial charge in [0.15, 0.2) is 0 Å². The molecule has 0 spiro atoms. The molecule has 2 amide bonds. The van der Waals surface area contributed by atoms with Crippen molar-refractivity contribution >= 4 is 28.2 Å². The number of nitrogens with one attached hydrogen (secondary N) is 3. The van der Waals surface area contributed by atoms with Gasteiger partial charge in [0.2, 0.25) is 0 Å². The number of pyridine rings is 1. The van der Waals surface area contributed by atoms with Crippen LogP contribution in [0, 0.1) is 0 Å². The molecular formula is C19H24N4O2S. The zero-order chi connectivity index (χ0) is 18.4. The highest BCUT2D eigenvalue weighted by Gasteiger charge is 2.26. The lowest BCUT2D eigenvalue weighted by Gasteiger charge is -2.13. The Morgan fingerprint density at radius 2 is 2.04 bits per heavy atom. The monoisotopic (exact) mass is 372 g/mol. The van der Waals surface area contributed by atoms with Gasteiger partial charge in [-0.15, -0.1) is 11.3 Å². The third-order valence-electron chi connectivity index (χ3n) is 4.44. The van der Waals surface area contributed by atoms with Crippen LogP contribution >= 0.6 is 11.3 Å². The lowest BCUT2D eigenvalue weighted by molar-refractivity contribution is 0.0953. The number of carbonyl (C=O) groups is 2. The average Bonchev–Trinajstić information content (AvgIpc) is 3.03. The number of hydrogen-bond donors (Lipinski definition) is 3. The molecule has 0 aliphatic heterocycles. The Morgan fingerprint density at radius 3 is 2.81 bits per heavy atom. The molecule has 0 aromatic carbocycles. The van der Waals surface area contributed by atoms with Crippen LogP contribution in [0.3, 0.4) is 0 Å². The highest BCUT2D eigenvalue weighted by molar-refractivity contribution is 7.17. The summed E-state index contributed by atoms with van der Waals surface area (Å²) in [6.45, 7) is 1.47. The van der Waals surface area contributed by atoms with E-state index < -0.39 is 0 Å². The molecule has 2 aromatic heterocycles. The van der Waals surface area contributed by atoms with E-state index in [2.05, 4.69) is 20.9 Å². The first-order valence-corrected chi connectivity index (χ1v) is 9.81. The van der Waals surface area contributed by atoms with E-state index >= 15 is 0 Å². The maximum Gasteiger partial charge on any atom is 0.257 e. The van der Waals surface area contributed by atoms with Crippen LogP contribution in [0.5, 0.6) is 0 Å².